The summed E-state index contributed by atoms with van der Waals surface area (Å²) in [4.78, 5) is 0.212. The lowest BCUT2D eigenvalue weighted by atomic mass is 9.88. The molecular formula is C14H22N2O3S. The minimum absolute atomic E-state index is 0.0193. The van der Waals surface area contributed by atoms with Crippen LogP contribution in [0.1, 0.15) is 31.2 Å². The van der Waals surface area contributed by atoms with E-state index in [1.807, 2.05) is 0 Å². The summed E-state index contributed by atoms with van der Waals surface area (Å²) in [6, 6.07) is 4.86. The lowest BCUT2D eigenvalue weighted by Crippen LogP contribution is -2.38. The summed E-state index contributed by atoms with van der Waals surface area (Å²) < 4.78 is 27.4. The van der Waals surface area contributed by atoms with Gasteiger partial charge in [0.15, 0.2) is 0 Å². The number of anilines is 1. The molecule has 6 heteroatoms. The molecule has 0 saturated heterocycles. The number of aliphatic hydroxyl groups is 1. The molecule has 0 atom stereocenters. The molecule has 1 saturated carbocycles. The van der Waals surface area contributed by atoms with E-state index < -0.39 is 10.0 Å². The summed E-state index contributed by atoms with van der Waals surface area (Å²) >= 11 is 0. The highest BCUT2D eigenvalue weighted by Gasteiger charge is 2.34. The Balaban J connectivity index is 2.17. The van der Waals surface area contributed by atoms with Gasteiger partial charge >= 0.3 is 0 Å². The number of aliphatic hydroxyl groups excluding tert-OH is 1. The van der Waals surface area contributed by atoms with Crippen LogP contribution in [0.15, 0.2) is 23.1 Å². The van der Waals surface area contributed by atoms with Gasteiger partial charge < -0.3 is 10.8 Å². The SMILES string of the molecule is Cc1c(N)cccc1S(=O)(=O)NCC1(CO)CCCC1. The predicted molar refractivity (Wildman–Crippen MR) is 78.8 cm³/mol. The maximum Gasteiger partial charge on any atom is 0.240 e. The summed E-state index contributed by atoms with van der Waals surface area (Å²) in [5.41, 5.74) is 6.47. The van der Waals surface area contributed by atoms with Crippen molar-refractivity contribution in [3.8, 4) is 0 Å². The largest absolute Gasteiger partial charge is 0.398 e. The fourth-order valence-electron chi connectivity index (χ4n) is 2.76. The molecule has 0 spiro atoms. The average molecular weight is 298 g/mol. The molecule has 0 radical (unpaired) electrons. The van der Waals surface area contributed by atoms with Crippen LogP contribution >= 0.6 is 0 Å². The molecule has 2 rings (SSSR count). The van der Waals surface area contributed by atoms with Crippen LogP contribution in [0, 0.1) is 12.3 Å². The molecule has 1 aromatic rings. The van der Waals surface area contributed by atoms with E-state index in [0.29, 0.717) is 11.3 Å². The van der Waals surface area contributed by atoms with Gasteiger partial charge in [-0.25, -0.2) is 13.1 Å². The van der Waals surface area contributed by atoms with E-state index in [4.69, 9.17) is 5.73 Å². The van der Waals surface area contributed by atoms with E-state index in [0.717, 1.165) is 25.7 Å². The van der Waals surface area contributed by atoms with E-state index >= 15 is 0 Å². The first-order valence-electron chi connectivity index (χ1n) is 6.86. The lowest BCUT2D eigenvalue weighted by Gasteiger charge is -2.26. The number of nitrogen functional groups attached to an aromatic ring is 1. The standard InChI is InChI=1S/C14H22N2O3S/c1-11-12(15)5-4-6-13(11)20(18,19)16-9-14(10-17)7-2-3-8-14/h4-6,16-17H,2-3,7-10,15H2,1H3. The van der Waals surface area contributed by atoms with Crippen LogP contribution in [0.3, 0.4) is 0 Å². The van der Waals surface area contributed by atoms with Gasteiger partial charge in [0, 0.05) is 24.3 Å². The Labute approximate surface area is 120 Å². The third-order valence-corrected chi connectivity index (χ3v) is 5.80. The van der Waals surface area contributed by atoms with E-state index in [1.165, 1.54) is 0 Å². The smallest absolute Gasteiger partial charge is 0.240 e. The summed E-state index contributed by atoms with van der Waals surface area (Å²) in [5.74, 6) is 0. The summed E-state index contributed by atoms with van der Waals surface area (Å²) in [6.07, 6.45) is 3.81. The molecule has 1 fully saturated rings. The van der Waals surface area contributed by atoms with Crippen molar-refractivity contribution in [1.82, 2.24) is 4.72 Å². The quantitative estimate of drug-likeness (QED) is 0.717. The number of nitrogens with two attached hydrogens (primary N) is 1. The molecule has 0 unspecified atom stereocenters. The van der Waals surface area contributed by atoms with Gasteiger partial charge in [-0.2, -0.15) is 0 Å². The Morgan fingerprint density at radius 2 is 2.00 bits per heavy atom. The van der Waals surface area contributed by atoms with Gasteiger partial charge in [-0.1, -0.05) is 18.9 Å². The van der Waals surface area contributed by atoms with Gasteiger partial charge in [0.1, 0.15) is 0 Å². The van der Waals surface area contributed by atoms with Gasteiger partial charge in [-0.05, 0) is 37.5 Å². The molecule has 0 heterocycles. The van der Waals surface area contributed by atoms with Gasteiger partial charge in [0.05, 0.1) is 4.90 Å². The van der Waals surface area contributed by atoms with Crippen LogP contribution < -0.4 is 10.5 Å². The predicted octanol–water partition coefficient (Wildman–Crippen LogP) is 1.41. The van der Waals surface area contributed by atoms with Crippen molar-refractivity contribution < 1.29 is 13.5 Å². The topological polar surface area (TPSA) is 92.4 Å². The Kier molecular flexibility index (Phi) is 4.36. The maximum absolute atomic E-state index is 12.4. The first-order chi connectivity index (χ1) is 9.40. The zero-order valence-electron chi connectivity index (χ0n) is 11.7. The molecule has 0 bridgehead atoms. The van der Waals surface area contributed by atoms with Crippen LogP contribution in [-0.2, 0) is 10.0 Å². The lowest BCUT2D eigenvalue weighted by molar-refractivity contribution is 0.134. The summed E-state index contributed by atoms with van der Waals surface area (Å²) in [6.45, 7) is 1.99. The Morgan fingerprint density at radius 1 is 1.35 bits per heavy atom. The van der Waals surface area contributed by atoms with E-state index in [2.05, 4.69) is 4.72 Å². The highest BCUT2D eigenvalue weighted by molar-refractivity contribution is 7.89. The van der Waals surface area contributed by atoms with E-state index in [1.54, 1.807) is 25.1 Å². The van der Waals surface area contributed by atoms with E-state index in [-0.39, 0.29) is 23.5 Å². The molecule has 0 amide bonds. The van der Waals surface area contributed by atoms with Crippen molar-refractivity contribution in [2.45, 2.75) is 37.5 Å². The minimum Gasteiger partial charge on any atom is -0.398 e. The zero-order chi connectivity index (χ0) is 14.8. The Hall–Kier alpha value is -1.11. The monoisotopic (exact) mass is 298 g/mol. The van der Waals surface area contributed by atoms with E-state index in [9.17, 15) is 13.5 Å². The number of hydrogen-bond donors (Lipinski definition) is 3. The van der Waals surface area contributed by atoms with Crippen LogP contribution in [0.25, 0.3) is 0 Å². The van der Waals surface area contributed by atoms with Crippen LogP contribution in [0.5, 0.6) is 0 Å². The molecule has 1 aliphatic rings. The molecule has 4 N–H and O–H groups in total. The van der Waals surface area contributed by atoms with Gasteiger partial charge in [0.25, 0.3) is 0 Å². The van der Waals surface area contributed by atoms with Crippen LogP contribution in [0.4, 0.5) is 5.69 Å². The minimum atomic E-state index is -3.59. The molecular weight excluding hydrogens is 276 g/mol. The van der Waals surface area contributed by atoms with Gasteiger partial charge in [0.2, 0.25) is 10.0 Å². The fraction of sp³-hybridized carbons (Fsp3) is 0.571. The second kappa shape index (κ2) is 5.71. The molecule has 0 aliphatic heterocycles. The second-order valence-corrected chi connectivity index (χ2v) is 7.40. The number of benzene rings is 1. The Bertz CT molecular complexity index is 578. The van der Waals surface area contributed by atoms with Gasteiger partial charge in [-0.15, -0.1) is 0 Å². The zero-order valence-corrected chi connectivity index (χ0v) is 12.5. The maximum atomic E-state index is 12.4. The second-order valence-electron chi connectivity index (χ2n) is 5.66. The number of hydrogen-bond acceptors (Lipinski definition) is 4. The highest BCUT2D eigenvalue weighted by atomic mass is 32.2. The van der Waals surface area contributed by atoms with Crippen LogP contribution in [0.2, 0.25) is 0 Å². The molecule has 1 aromatic carbocycles. The Morgan fingerprint density at radius 3 is 2.60 bits per heavy atom. The third-order valence-electron chi connectivity index (χ3n) is 4.25. The number of sulfonamides is 1. The fourth-order valence-corrected chi connectivity index (χ4v) is 4.19. The number of rotatable bonds is 5. The van der Waals surface area contributed by atoms with Crippen molar-refractivity contribution in [2.75, 3.05) is 18.9 Å². The summed E-state index contributed by atoms with van der Waals surface area (Å²) in [7, 11) is -3.59. The average Bonchev–Trinajstić information content (AvgIpc) is 2.89. The molecule has 112 valence electrons. The summed E-state index contributed by atoms with van der Waals surface area (Å²) in [5, 5.41) is 9.53. The molecule has 20 heavy (non-hydrogen) atoms. The van der Waals surface area contributed by atoms with Gasteiger partial charge in [-0.3, -0.25) is 0 Å². The normalized spacial score (nSPS) is 18.3. The first kappa shape index (κ1) is 15.3. The molecule has 5 nitrogen and oxygen atoms in total. The van der Waals surface area contributed by atoms with Crippen molar-refractivity contribution in [1.29, 1.82) is 0 Å². The number of nitrogens with one attached hydrogen (secondary N) is 1. The molecule has 0 aromatic heterocycles. The third kappa shape index (κ3) is 2.97. The molecule has 1 aliphatic carbocycles. The van der Waals surface area contributed by atoms with Crippen molar-refractivity contribution in [2.24, 2.45) is 5.41 Å². The van der Waals surface area contributed by atoms with Crippen molar-refractivity contribution >= 4 is 15.7 Å². The van der Waals surface area contributed by atoms with Crippen molar-refractivity contribution in [3.05, 3.63) is 23.8 Å². The van der Waals surface area contributed by atoms with Crippen LogP contribution in [-0.4, -0.2) is 26.7 Å². The highest BCUT2D eigenvalue weighted by Crippen LogP contribution is 2.37. The first-order valence-corrected chi connectivity index (χ1v) is 8.34. The van der Waals surface area contributed by atoms with Crippen molar-refractivity contribution in [3.63, 3.8) is 0 Å².